The van der Waals surface area contributed by atoms with Crippen molar-refractivity contribution in [2.45, 2.75) is 6.42 Å². The van der Waals surface area contributed by atoms with E-state index in [1.807, 2.05) is 6.07 Å². The Morgan fingerprint density at radius 3 is 3.00 bits per heavy atom. The molecule has 0 aliphatic rings. The molecule has 0 saturated heterocycles. The first-order valence-electron chi connectivity index (χ1n) is 5.48. The van der Waals surface area contributed by atoms with Crippen LogP contribution in [0.5, 0.6) is 5.75 Å². The van der Waals surface area contributed by atoms with Gasteiger partial charge in [0, 0.05) is 26.4 Å². The molecule has 0 unspecified atom stereocenters. The van der Waals surface area contributed by atoms with E-state index in [0.717, 1.165) is 0 Å². The van der Waals surface area contributed by atoms with E-state index < -0.39 is 0 Å². The van der Waals surface area contributed by atoms with Crippen LogP contribution in [0.1, 0.15) is 16.8 Å². The van der Waals surface area contributed by atoms with Crippen LogP contribution in [-0.4, -0.2) is 47.7 Å². The molecule has 0 aliphatic carbocycles. The fourth-order valence-electron chi connectivity index (χ4n) is 1.44. The normalized spacial score (nSPS) is 9.78. The average molecular weight is 249 g/mol. The standard InChI is InChI=1S/C12H15N3O3/c1-18-8-7-15(6-2-4-13)12(17)10-3-5-14-9-11(10)16/h3,5,9,16H,2,6-8H2,1H3. The summed E-state index contributed by atoms with van der Waals surface area (Å²) < 4.78 is 4.92. The minimum atomic E-state index is -0.331. The maximum absolute atomic E-state index is 12.2. The third-order valence-corrected chi connectivity index (χ3v) is 2.38. The summed E-state index contributed by atoms with van der Waals surface area (Å²) in [5.74, 6) is -0.496. The number of methoxy groups -OCH3 is 1. The lowest BCUT2D eigenvalue weighted by molar-refractivity contribution is 0.0697. The van der Waals surface area contributed by atoms with E-state index in [2.05, 4.69) is 4.98 Å². The Morgan fingerprint density at radius 2 is 2.39 bits per heavy atom. The first-order chi connectivity index (χ1) is 8.70. The highest BCUT2D eigenvalue weighted by atomic mass is 16.5. The van der Waals surface area contributed by atoms with Gasteiger partial charge in [-0.1, -0.05) is 0 Å². The predicted molar refractivity (Wildman–Crippen MR) is 63.9 cm³/mol. The van der Waals surface area contributed by atoms with Gasteiger partial charge in [-0.3, -0.25) is 9.78 Å². The van der Waals surface area contributed by atoms with Crippen LogP contribution in [0.25, 0.3) is 0 Å². The van der Waals surface area contributed by atoms with Gasteiger partial charge in [-0.2, -0.15) is 5.26 Å². The molecule has 1 aromatic heterocycles. The number of aromatic hydroxyl groups is 1. The van der Waals surface area contributed by atoms with E-state index in [1.54, 1.807) is 0 Å². The maximum atomic E-state index is 12.2. The predicted octanol–water partition coefficient (Wildman–Crippen LogP) is 0.789. The molecule has 1 heterocycles. The molecule has 1 N–H and O–H groups in total. The summed E-state index contributed by atoms with van der Waals surface area (Å²) in [5, 5.41) is 18.1. The van der Waals surface area contributed by atoms with Crippen molar-refractivity contribution in [3.05, 3.63) is 24.0 Å². The van der Waals surface area contributed by atoms with E-state index in [4.69, 9.17) is 10.00 Å². The van der Waals surface area contributed by atoms with Crippen molar-refractivity contribution >= 4 is 5.91 Å². The number of carbonyl (C=O) groups is 1. The second-order valence-corrected chi connectivity index (χ2v) is 3.59. The fourth-order valence-corrected chi connectivity index (χ4v) is 1.44. The molecule has 18 heavy (non-hydrogen) atoms. The second-order valence-electron chi connectivity index (χ2n) is 3.59. The first-order valence-corrected chi connectivity index (χ1v) is 5.48. The zero-order valence-electron chi connectivity index (χ0n) is 10.2. The van der Waals surface area contributed by atoms with Crippen molar-refractivity contribution in [2.75, 3.05) is 26.8 Å². The summed E-state index contributed by atoms with van der Waals surface area (Å²) in [6, 6.07) is 3.43. The van der Waals surface area contributed by atoms with Crippen LogP contribution in [0, 0.1) is 11.3 Å². The number of aromatic nitrogens is 1. The lowest BCUT2D eigenvalue weighted by atomic mass is 10.2. The van der Waals surface area contributed by atoms with E-state index in [1.165, 1.54) is 30.5 Å². The van der Waals surface area contributed by atoms with E-state index in [9.17, 15) is 9.90 Å². The molecule has 0 fully saturated rings. The van der Waals surface area contributed by atoms with Crippen LogP contribution in [0.3, 0.4) is 0 Å². The summed E-state index contributed by atoms with van der Waals surface area (Å²) in [6.45, 7) is 1.06. The number of nitriles is 1. The van der Waals surface area contributed by atoms with Crippen molar-refractivity contribution in [1.29, 1.82) is 5.26 Å². The van der Waals surface area contributed by atoms with Gasteiger partial charge >= 0.3 is 0 Å². The van der Waals surface area contributed by atoms with E-state index in [-0.39, 0.29) is 23.6 Å². The minimum absolute atomic E-state index is 0.165. The summed E-state index contributed by atoms with van der Waals surface area (Å²) >= 11 is 0. The Morgan fingerprint density at radius 1 is 1.61 bits per heavy atom. The zero-order valence-corrected chi connectivity index (χ0v) is 10.2. The van der Waals surface area contributed by atoms with Crippen molar-refractivity contribution in [2.24, 2.45) is 0 Å². The first kappa shape index (κ1) is 13.9. The van der Waals surface area contributed by atoms with Gasteiger partial charge in [0.05, 0.1) is 30.9 Å². The molecule has 96 valence electrons. The highest BCUT2D eigenvalue weighted by Crippen LogP contribution is 2.16. The fraction of sp³-hybridized carbons (Fsp3) is 0.417. The van der Waals surface area contributed by atoms with Crippen LogP contribution in [0.4, 0.5) is 0 Å². The van der Waals surface area contributed by atoms with Gasteiger partial charge in [0.25, 0.3) is 5.91 Å². The monoisotopic (exact) mass is 249 g/mol. The quantitative estimate of drug-likeness (QED) is 0.805. The van der Waals surface area contributed by atoms with Gasteiger partial charge in [-0.25, -0.2) is 0 Å². The highest BCUT2D eigenvalue weighted by Gasteiger charge is 2.18. The SMILES string of the molecule is COCCN(CCC#N)C(=O)c1ccncc1O. The number of amides is 1. The van der Waals surface area contributed by atoms with Gasteiger partial charge in [0.1, 0.15) is 5.75 Å². The van der Waals surface area contributed by atoms with Gasteiger partial charge in [0.15, 0.2) is 0 Å². The zero-order chi connectivity index (χ0) is 13.4. The summed E-state index contributed by atoms with van der Waals surface area (Å²) in [7, 11) is 1.54. The van der Waals surface area contributed by atoms with Crippen LogP contribution in [-0.2, 0) is 4.74 Å². The number of hydrogen-bond acceptors (Lipinski definition) is 5. The molecule has 0 bridgehead atoms. The highest BCUT2D eigenvalue weighted by molar-refractivity contribution is 5.96. The average Bonchev–Trinajstić information content (AvgIpc) is 2.39. The Kier molecular flexibility index (Phi) is 5.61. The van der Waals surface area contributed by atoms with Crippen LogP contribution in [0.15, 0.2) is 18.5 Å². The van der Waals surface area contributed by atoms with Crippen molar-refractivity contribution in [3.8, 4) is 11.8 Å². The number of hydrogen-bond donors (Lipinski definition) is 1. The van der Waals surface area contributed by atoms with Crippen molar-refractivity contribution in [1.82, 2.24) is 9.88 Å². The number of pyridine rings is 1. The van der Waals surface area contributed by atoms with E-state index in [0.29, 0.717) is 19.7 Å². The van der Waals surface area contributed by atoms with Crippen molar-refractivity contribution in [3.63, 3.8) is 0 Å². The third kappa shape index (κ3) is 3.71. The molecule has 0 aromatic carbocycles. The minimum Gasteiger partial charge on any atom is -0.505 e. The number of carbonyl (C=O) groups excluding carboxylic acids is 1. The molecule has 6 heteroatoms. The molecule has 0 saturated carbocycles. The summed E-state index contributed by atoms with van der Waals surface area (Å²) in [5.41, 5.74) is 0.180. The van der Waals surface area contributed by atoms with Crippen molar-refractivity contribution < 1.29 is 14.6 Å². The molecule has 0 aliphatic heterocycles. The molecular weight excluding hydrogens is 234 g/mol. The molecule has 0 atom stereocenters. The number of rotatable bonds is 6. The number of ether oxygens (including phenoxy) is 1. The molecule has 6 nitrogen and oxygen atoms in total. The summed E-state index contributed by atoms with van der Waals surface area (Å²) in [4.78, 5) is 17.3. The Balaban J connectivity index is 2.81. The van der Waals surface area contributed by atoms with E-state index >= 15 is 0 Å². The topological polar surface area (TPSA) is 86.5 Å². The third-order valence-electron chi connectivity index (χ3n) is 2.38. The summed E-state index contributed by atoms with van der Waals surface area (Å²) in [6.07, 6.45) is 2.89. The largest absolute Gasteiger partial charge is 0.505 e. The molecule has 0 radical (unpaired) electrons. The molecular formula is C12H15N3O3. The molecule has 1 aromatic rings. The lowest BCUT2D eigenvalue weighted by Gasteiger charge is -2.21. The Labute approximate surface area is 105 Å². The molecule has 1 amide bonds. The molecule has 0 spiro atoms. The number of nitrogens with zero attached hydrogens (tertiary/aromatic N) is 3. The second kappa shape index (κ2) is 7.25. The molecule has 1 rings (SSSR count). The Hall–Kier alpha value is -2.13. The smallest absolute Gasteiger partial charge is 0.257 e. The van der Waals surface area contributed by atoms with Crippen LogP contribution < -0.4 is 0 Å². The lowest BCUT2D eigenvalue weighted by Crippen LogP contribution is -2.34. The van der Waals surface area contributed by atoms with Gasteiger partial charge in [0.2, 0.25) is 0 Å². The van der Waals surface area contributed by atoms with Crippen LogP contribution >= 0.6 is 0 Å². The Bertz CT molecular complexity index is 442. The van der Waals surface area contributed by atoms with Crippen LogP contribution in [0.2, 0.25) is 0 Å². The van der Waals surface area contributed by atoms with Gasteiger partial charge < -0.3 is 14.7 Å². The van der Waals surface area contributed by atoms with Gasteiger partial charge in [-0.05, 0) is 6.07 Å². The van der Waals surface area contributed by atoms with Gasteiger partial charge in [-0.15, -0.1) is 0 Å². The maximum Gasteiger partial charge on any atom is 0.257 e.